The van der Waals surface area contributed by atoms with Crippen molar-refractivity contribution in [3.63, 3.8) is 0 Å². The normalized spacial score (nSPS) is 9.79. The van der Waals surface area contributed by atoms with Crippen LogP contribution in [0.3, 0.4) is 0 Å². The van der Waals surface area contributed by atoms with Crippen molar-refractivity contribution in [1.82, 2.24) is 9.97 Å². The molecule has 0 fully saturated rings. The number of hydrogen-bond acceptors (Lipinski definition) is 5. The molecule has 6 nitrogen and oxygen atoms in total. The van der Waals surface area contributed by atoms with Crippen LogP contribution in [0.5, 0.6) is 0 Å². The van der Waals surface area contributed by atoms with Crippen molar-refractivity contribution in [3.8, 4) is 0 Å². The van der Waals surface area contributed by atoms with E-state index in [2.05, 4.69) is 15.3 Å². The van der Waals surface area contributed by atoms with Crippen molar-refractivity contribution in [1.29, 1.82) is 0 Å². The van der Waals surface area contributed by atoms with Crippen molar-refractivity contribution < 1.29 is 14.6 Å². The van der Waals surface area contributed by atoms with Gasteiger partial charge < -0.3 is 15.2 Å². The molecule has 0 unspecified atom stereocenters. The Labute approximate surface area is 80.9 Å². The molecule has 0 bridgehead atoms. The first-order valence-electron chi connectivity index (χ1n) is 3.98. The number of methoxy groups -OCH3 is 1. The van der Waals surface area contributed by atoms with Crippen LogP contribution in [-0.4, -0.2) is 34.7 Å². The van der Waals surface area contributed by atoms with E-state index in [4.69, 9.17) is 9.84 Å². The molecule has 0 atom stereocenters. The molecule has 2 N–H and O–H groups in total. The number of nitrogens with zero attached hydrogens (tertiary/aromatic N) is 2. The van der Waals surface area contributed by atoms with Gasteiger partial charge >= 0.3 is 5.97 Å². The van der Waals surface area contributed by atoms with Gasteiger partial charge in [-0.05, 0) is 0 Å². The first-order chi connectivity index (χ1) is 6.72. The molecule has 1 rings (SSSR count). The number of ether oxygens (including phenoxy) is 1. The van der Waals surface area contributed by atoms with E-state index in [1.807, 2.05) is 0 Å². The molecule has 0 radical (unpaired) electrons. The monoisotopic (exact) mass is 197 g/mol. The minimum Gasteiger partial charge on any atom is -0.480 e. The van der Waals surface area contributed by atoms with Gasteiger partial charge in [-0.1, -0.05) is 0 Å². The fourth-order valence-electron chi connectivity index (χ4n) is 0.887. The summed E-state index contributed by atoms with van der Waals surface area (Å²) in [5.41, 5.74) is 0.704. The fourth-order valence-corrected chi connectivity index (χ4v) is 0.887. The lowest BCUT2D eigenvalue weighted by Gasteiger charge is -2.03. The molecule has 0 aromatic carbocycles. The first-order valence-corrected chi connectivity index (χ1v) is 3.98. The van der Waals surface area contributed by atoms with E-state index < -0.39 is 5.97 Å². The van der Waals surface area contributed by atoms with Crippen molar-refractivity contribution in [2.24, 2.45) is 0 Å². The second-order valence-corrected chi connectivity index (χ2v) is 2.57. The summed E-state index contributed by atoms with van der Waals surface area (Å²) in [6, 6.07) is 1.65. The average Bonchev–Trinajstić information content (AvgIpc) is 2.16. The van der Waals surface area contributed by atoms with Gasteiger partial charge in [0.25, 0.3) is 0 Å². The number of nitrogens with one attached hydrogen (secondary N) is 1. The molecule has 0 saturated heterocycles. The number of carboxylic acid groups (broad SMARTS) is 1. The molecule has 6 heteroatoms. The SMILES string of the molecule is COCc1cc(NCC(=O)O)ncn1. The summed E-state index contributed by atoms with van der Waals surface area (Å²) in [6.07, 6.45) is 1.36. The summed E-state index contributed by atoms with van der Waals surface area (Å²) in [7, 11) is 1.56. The molecule has 76 valence electrons. The number of rotatable bonds is 5. The van der Waals surface area contributed by atoms with Crippen LogP contribution in [0.15, 0.2) is 12.4 Å². The maximum Gasteiger partial charge on any atom is 0.322 e. The van der Waals surface area contributed by atoms with Crippen molar-refractivity contribution >= 4 is 11.8 Å². The van der Waals surface area contributed by atoms with Crippen molar-refractivity contribution in [3.05, 3.63) is 18.1 Å². The molecule has 0 aliphatic rings. The molecule has 1 aromatic rings. The van der Waals surface area contributed by atoms with Crippen LogP contribution < -0.4 is 5.32 Å². The smallest absolute Gasteiger partial charge is 0.322 e. The van der Waals surface area contributed by atoms with Gasteiger partial charge in [-0.3, -0.25) is 4.79 Å². The molecule has 1 aromatic heterocycles. The van der Waals surface area contributed by atoms with E-state index in [-0.39, 0.29) is 6.54 Å². The summed E-state index contributed by atoms with van der Waals surface area (Å²) in [4.78, 5) is 18.0. The highest BCUT2D eigenvalue weighted by atomic mass is 16.5. The van der Waals surface area contributed by atoms with Crippen LogP contribution in [0.25, 0.3) is 0 Å². The second kappa shape index (κ2) is 5.13. The highest BCUT2D eigenvalue weighted by Gasteiger charge is 2.00. The molecule has 0 spiro atoms. The van der Waals surface area contributed by atoms with Gasteiger partial charge in [-0.2, -0.15) is 0 Å². The Kier molecular flexibility index (Phi) is 3.81. The quantitative estimate of drug-likeness (QED) is 0.697. The Bertz CT molecular complexity index is 316. The van der Waals surface area contributed by atoms with Crippen molar-refractivity contribution in [2.45, 2.75) is 6.61 Å². The number of anilines is 1. The molecule has 1 heterocycles. The van der Waals surface area contributed by atoms with E-state index in [0.29, 0.717) is 18.1 Å². The van der Waals surface area contributed by atoms with Gasteiger partial charge in [0.1, 0.15) is 18.7 Å². The van der Waals surface area contributed by atoms with Gasteiger partial charge in [-0.25, -0.2) is 9.97 Å². The van der Waals surface area contributed by atoms with Gasteiger partial charge in [0, 0.05) is 13.2 Å². The Balaban J connectivity index is 2.58. The summed E-state index contributed by atoms with van der Waals surface area (Å²) in [5, 5.41) is 11.1. The van der Waals surface area contributed by atoms with E-state index in [9.17, 15) is 4.79 Å². The molecular weight excluding hydrogens is 186 g/mol. The summed E-state index contributed by atoms with van der Waals surface area (Å²) in [6.45, 7) is 0.216. The lowest BCUT2D eigenvalue weighted by molar-refractivity contribution is -0.134. The first kappa shape index (κ1) is 10.4. The Morgan fingerprint density at radius 2 is 2.43 bits per heavy atom. The molecule has 0 aliphatic heterocycles. The average molecular weight is 197 g/mol. The maximum absolute atomic E-state index is 10.3. The number of aromatic nitrogens is 2. The Morgan fingerprint density at radius 3 is 3.07 bits per heavy atom. The third-order valence-corrected chi connectivity index (χ3v) is 1.44. The largest absolute Gasteiger partial charge is 0.480 e. The zero-order valence-electron chi connectivity index (χ0n) is 7.73. The predicted octanol–water partition coefficient (Wildman–Crippen LogP) is 0.119. The summed E-state index contributed by atoms with van der Waals surface area (Å²) < 4.78 is 4.87. The van der Waals surface area contributed by atoms with Gasteiger partial charge in [0.05, 0.1) is 12.3 Å². The highest BCUT2D eigenvalue weighted by Crippen LogP contribution is 2.03. The van der Waals surface area contributed by atoms with Gasteiger partial charge in [0.2, 0.25) is 0 Å². The second-order valence-electron chi connectivity index (χ2n) is 2.57. The molecule has 0 aliphatic carbocycles. The lowest BCUT2D eigenvalue weighted by atomic mass is 10.4. The van der Waals surface area contributed by atoms with E-state index in [1.165, 1.54) is 6.33 Å². The Hall–Kier alpha value is -1.69. The van der Waals surface area contributed by atoms with Crippen LogP contribution >= 0.6 is 0 Å². The zero-order chi connectivity index (χ0) is 10.4. The van der Waals surface area contributed by atoms with Crippen LogP contribution in [0.4, 0.5) is 5.82 Å². The summed E-state index contributed by atoms with van der Waals surface area (Å²) in [5.74, 6) is -0.452. The molecular formula is C8H11N3O3. The zero-order valence-corrected chi connectivity index (χ0v) is 7.73. The number of aliphatic carboxylic acids is 1. The van der Waals surface area contributed by atoms with Crippen LogP contribution in [-0.2, 0) is 16.1 Å². The van der Waals surface area contributed by atoms with Crippen LogP contribution in [0.1, 0.15) is 5.69 Å². The lowest BCUT2D eigenvalue weighted by Crippen LogP contribution is -2.13. The van der Waals surface area contributed by atoms with Gasteiger partial charge in [0.15, 0.2) is 0 Å². The summed E-state index contributed by atoms with van der Waals surface area (Å²) >= 11 is 0. The minimum absolute atomic E-state index is 0.163. The molecule has 0 saturated carbocycles. The minimum atomic E-state index is -0.933. The number of hydrogen-bond donors (Lipinski definition) is 2. The molecule has 0 amide bonds. The van der Waals surface area contributed by atoms with Gasteiger partial charge in [-0.15, -0.1) is 0 Å². The topological polar surface area (TPSA) is 84.3 Å². The van der Waals surface area contributed by atoms with E-state index in [1.54, 1.807) is 13.2 Å². The highest BCUT2D eigenvalue weighted by molar-refractivity contribution is 5.72. The molecule has 14 heavy (non-hydrogen) atoms. The Morgan fingerprint density at radius 1 is 1.64 bits per heavy atom. The third-order valence-electron chi connectivity index (χ3n) is 1.44. The maximum atomic E-state index is 10.3. The van der Waals surface area contributed by atoms with Crippen LogP contribution in [0.2, 0.25) is 0 Å². The number of carboxylic acids is 1. The third kappa shape index (κ3) is 3.36. The predicted molar refractivity (Wildman–Crippen MR) is 48.9 cm³/mol. The van der Waals surface area contributed by atoms with E-state index >= 15 is 0 Å². The van der Waals surface area contributed by atoms with E-state index in [0.717, 1.165) is 0 Å². The number of carbonyl (C=O) groups is 1. The standard InChI is InChI=1S/C8H11N3O3/c1-14-4-6-2-7(11-5-10-6)9-3-8(12)13/h2,5H,3-4H2,1H3,(H,12,13)(H,9,10,11). The van der Waals surface area contributed by atoms with Crippen molar-refractivity contribution in [2.75, 3.05) is 19.0 Å². The fraction of sp³-hybridized carbons (Fsp3) is 0.375. The van der Waals surface area contributed by atoms with Crippen LogP contribution in [0, 0.1) is 0 Å².